The molecule has 0 spiro atoms. The van der Waals surface area contributed by atoms with Gasteiger partial charge in [-0.25, -0.2) is 0 Å². The van der Waals surface area contributed by atoms with Gasteiger partial charge in [0.15, 0.2) is 0 Å². The molecule has 6 unspecified atom stereocenters. The number of rotatable bonds is 0. The zero-order valence-electron chi connectivity index (χ0n) is 7.59. The molecule has 11 heavy (non-hydrogen) atoms. The van der Waals surface area contributed by atoms with Gasteiger partial charge in [-0.15, -0.1) is 0 Å². The molecule has 0 amide bonds. The summed E-state index contributed by atoms with van der Waals surface area (Å²) in [5, 5.41) is 0. The Morgan fingerprint density at radius 3 is 2.27 bits per heavy atom. The minimum atomic E-state index is 1.07. The summed E-state index contributed by atoms with van der Waals surface area (Å²) in [7, 11) is 0. The molecule has 3 rings (SSSR count). The van der Waals surface area contributed by atoms with E-state index in [0.29, 0.717) is 0 Å². The van der Waals surface area contributed by atoms with Crippen LogP contribution in [0.5, 0.6) is 0 Å². The summed E-state index contributed by atoms with van der Waals surface area (Å²) in [6, 6.07) is 0. The van der Waals surface area contributed by atoms with Crippen LogP contribution in [-0.2, 0) is 0 Å². The minimum absolute atomic E-state index is 1.07. The van der Waals surface area contributed by atoms with Gasteiger partial charge in [0, 0.05) is 0 Å². The molecular weight excluding hydrogens is 132 g/mol. The van der Waals surface area contributed by atoms with E-state index < -0.39 is 0 Å². The average molecular weight is 150 g/mol. The Morgan fingerprint density at radius 1 is 0.818 bits per heavy atom. The van der Waals surface area contributed by atoms with Crippen molar-refractivity contribution in [2.45, 2.75) is 33.1 Å². The fourth-order valence-electron chi connectivity index (χ4n) is 4.38. The van der Waals surface area contributed by atoms with Crippen LogP contribution in [0, 0.1) is 35.5 Å². The van der Waals surface area contributed by atoms with Crippen LogP contribution >= 0.6 is 0 Å². The third-order valence-corrected chi connectivity index (χ3v) is 4.90. The highest BCUT2D eigenvalue weighted by Gasteiger charge is 2.61. The lowest BCUT2D eigenvalue weighted by molar-refractivity contribution is -0.142. The molecule has 3 aliphatic carbocycles. The maximum absolute atomic E-state index is 2.48. The highest BCUT2D eigenvalue weighted by Crippen LogP contribution is 2.68. The fraction of sp³-hybridized carbons (Fsp3) is 1.00. The molecule has 0 aromatic carbocycles. The van der Waals surface area contributed by atoms with E-state index >= 15 is 0 Å². The van der Waals surface area contributed by atoms with Gasteiger partial charge in [0.25, 0.3) is 0 Å². The van der Waals surface area contributed by atoms with Crippen LogP contribution in [0.2, 0.25) is 0 Å². The van der Waals surface area contributed by atoms with E-state index in [2.05, 4.69) is 13.8 Å². The highest BCUT2D eigenvalue weighted by atomic mass is 14.7. The third-order valence-electron chi connectivity index (χ3n) is 4.90. The van der Waals surface area contributed by atoms with Gasteiger partial charge in [-0.2, -0.15) is 0 Å². The molecule has 0 heterocycles. The first-order chi connectivity index (χ1) is 5.29. The summed E-state index contributed by atoms with van der Waals surface area (Å²) < 4.78 is 0. The number of hydrogen-bond acceptors (Lipinski definition) is 0. The lowest BCUT2D eigenvalue weighted by Gasteiger charge is -2.62. The van der Waals surface area contributed by atoms with Crippen molar-refractivity contribution in [2.24, 2.45) is 35.5 Å². The Balaban J connectivity index is 1.82. The Bertz CT molecular complexity index is 184. The molecule has 0 aromatic heterocycles. The highest BCUT2D eigenvalue weighted by molar-refractivity contribution is 5.10. The summed E-state index contributed by atoms with van der Waals surface area (Å²) in [5.41, 5.74) is 0. The quantitative estimate of drug-likeness (QED) is 0.498. The SMILES string of the molecule is CC1CCC2C3CC(C)C3C12. The lowest BCUT2D eigenvalue weighted by atomic mass is 9.43. The van der Waals surface area contributed by atoms with E-state index in [1.54, 1.807) is 12.8 Å². The molecule has 3 saturated carbocycles. The normalized spacial score (nSPS) is 66.0. The summed E-state index contributed by atoms with van der Waals surface area (Å²) in [6.45, 7) is 4.94. The predicted molar refractivity (Wildman–Crippen MR) is 46.1 cm³/mol. The molecule has 0 bridgehead atoms. The summed E-state index contributed by atoms with van der Waals surface area (Å²) >= 11 is 0. The summed E-state index contributed by atoms with van der Waals surface area (Å²) in [5.74, 6) is 6.89. The van der Waals surface area contributed by atoms with Gasteiger partial charge in [-0.3, -0.25) is 0 Å². The van der Waals surface area contributed by atoms with Crippen molar-refractivity contribution in [1.82, 2.24) is 0 Å². The Hall–Kier alpha value is 0. The second kappa shape index (κ2) is 1.84. The zero-order valence-corrected chi connectivity index (χ0v) is 7.59. The van der Waals surface area contributed by atoms with Crippen molar-refractivity contribution >= 4 is 0 Å². The van der Waals surface area contributed by atoms with Crippen LogP contribution in [0.1, 0.15) is 33.1 Å². The van der Waals surface area contributed by atoms with Gasteiger partial charge in [-0.1, -0.05) is 20.3 Å². The molecule has 0 heteroatoms. The number of fused-ring (bicyclic) bond motifs is 4. The molecule has 0 aromatic rings. The van der Waals surface area contributed by atoms with Gasteiger partial charge >= 0.3 is 0 Å². The van der Waals surface area contributed by atoms with Gasteiger partial charge in [-0.05, 0) is 48.3 Å². The van der Waals surface area contributed by atoms with E-state index in [9.17, 15) is 0 Å². The van der Waals surface area contributed by atoms with E-state index in [1.165, 1.54) is 30.1 Å². The van der Waals surface area contributed by atoms with Crippen LogP contribution in [0.15, 0.2) is 0 Å². The summed E-state index contributed by atoms with van der Waals surface area (Å²) in [4.78, 5) is 0. The number of hydrogen-bond donors (Lipinski definition) is 0. The Kier molecular flexibility index (Phi) is 1.09. The molecule has 6 atom stereocenters. The van der Waals surface area contributed by atoms with Crippen molar-refractivity contribution in [1.29, 1.82) is 0 Å². The van der Waals surface area contributed by atoms with E-state index in [0.717, 1.165) is 11.8 Å². The van der Waals surface area contributed by atoms with Crippen molar-refractivity contribution < 1.29 is 0 Å². The largest absolute Gasteiger partial charge is 0.0622 e. The Morgan fingerprint density at radius 2 is 1.55 bits per heavy atom. The molecule has 0 aliphatic heterocycles. The maximum atomic E-state index is 2.48. The maximum Gasteiger partial charge on any atom is -0.0323 e. The molecule has 62 valence electrons. The second-order valence-electron chi connectivity index (χ2n) is 5.25. The first-order valence-corrected chi connectivity index (χ1v) is 5.29. The van der Waals surface area contributed by atoms with E-state index in [4.69, 9.17) is 0 Å². The molecule has 0 nitrogen and oxygen atoms in total. The van der Waals surface area contributed by atoms with Crippen molar-refractivity contribution in [3.8, 4) is 0 Å². The average Bonchev–Trinajstić information content (AvgIpc) is 2.23. The topological polar surface area (TPSA) is 0 Å². The zero-order chi connectivity index (χ0) is 7.59. The lowest BCUT2D eigenvalue weighted by Crippen LogP contribution is -2.57. The molecule has 3 aliphatic rings. The monoisotopic (exact) mass is 150 g/mol. The standard InChI is InChI=1S/C11H18/c1-6-3-4-8-9-5-7(2)11(9)10(6)8/h6-11H,3-5H2,1-2H3. The van der Waals surface area contributed by atoms with E-state index in [1.807, 2.05) is 0 Å². The van der Waals surface area contributed by atoms with Crippen LogP contribution in [0.3, 0.4) is 0 Å². The molecule has 0 N–H and O–H groups in total. The first kappa shape index (κ1) is 6.51. The van der Waals surface area contributed by atoms with Crippen LogP contribution in [-0.4, -0.2) is 0 Å². The van der Waals surface area contributed by atoms with Crippen LogP contribution < -0.4 is 0 Å². The van der Waals surface area contributed by atoms with Crippen molar-refractivity contribution in [3.05, 3.63) is 0 Å². The molecule has 0 saturated heterocycles. The molecule has 3 fully saturated rings. The molecule has 0 radical (unpaired) electrons. The van der Waals surface area contributed by atoms with Gasteiger partial charge < -0.3 is 0 Å². The second-order valence-corrected chi connectivity index (χ2v) is 5.25. The van der Waals surface area contributed by atoms with Gasteiger partial charge in [0.1, 0.15) is 0 Å². The van der Waals surface area contributed by atoms with E-state index in [-0.39, 0.29) is 0 Å². The third kappa shape index (κ3) is 0.588. The van der Waals surface area contributed by atoms with Crippen LogP contribution in [0.4, 0.5) is 0 Å². The smallest absolute Gasteiger partial charge is 0.0323 e. The van der Waals surface area contributed by atoms with Crippen molar-refractivity contribution in [2.75, 3.05) is 0 Å². The van der Waals surface area contributed by atoms with Crippen molar-refractivity contribution in [3.63, 3.8) is 0 Å². The first-order valence-electron chi connectivity index (χ1n) is 5.29. The predicted octanol–water partition coefficient (Wildman–Crippen LogP) is 2.93. The van der Waals surface area contributed by atoms with Crippen LogP contribution in [0.25, 0.3) is 0 Å². The minimum Gasteiger partial charge on any atom is -0.0622 e. The Labute approximate surface area is 69.4 Å². The van der Waals surface area contributed by atoms with Gasteiger partial charge in [0.2, 0.25) is 0 Å². The summed E-state index contributed by atoms with van der Waals surface area (Å²) in [6.07, 6.45) is 4.67. The molecular formula is C11H18. The van der Waals surface area contributed by atoms with Gasteiger partial charge in [0.05, 0.1) is 0 Å². The fourth-order valence-corrected chi connectivity index (χ4v) is 4.38.